The molecule has 8 heteroatoms. The topological polar surface area (TPSA) is 71.2 Å². The Morgan fingerprint density at radius 2 is 2.13 bits per heavy atom. The van der Waals surface area contributed by atoms with Gasteiger partial charge in [-0.2, -0.15) is 0 Å². The van der Waals surface area contributed by atoms with E-state index in [1.54, 1.807) is 0 Å². The van der Waals surface area contributed by atoms with Gasteiger partial charge in [-0.15, -0.1) is 11.3 Å². The maximum atomic E-state index is 14.7. The first-order chi connectivity index (χ1) is 14.8. The van der Waals surface area contributed by atoms with E-state index in [4.69, 9.17) is 5.73 Å². The fourth-order valence-corrected chi connectivity index (χ4v) is 5.12. The summed E-state index contributed by atoms with van der Waals surface area (Å²) >= 11 is 1.23. The first-order valence-electron chi connectivity index (χ1n) is 10.5. The zero-order valence-electron chi connectivity index (χ0n) is 17.7. The third-order valence-electron chi connectivity index (χ3n) is 5.73. The zero-order valence-corrected chi connectivity index (χ0v) is 18.5. The van der Waals surface area contributed by atoms with Crippen LogP contribution in [0.15, 0.2) is 24.3 Å². The van der Waals surface area contributed by atoms with Gasteiger partial charge < -0.3 is 16.0 Å². The van der Waals surface area contributed by atoms with E-state index in [-0.39, 0.29) is 24.4 Å². The Morgan fingerprint density at radius 3 is 2.90 bits per heavy atom. The molecular weight excluding hydrogens is 418 g/mol. The summed E-state index contributed by atoms with van der Waals surface area (Å²) in [5.74, 6) is -0.749. The summed E-state index contributed by atoms with van der Waals surface area (Å²) in [6, 6.07) is 6.22. The number of rotatable bonds is 5. The first kappa shape index (κ1) is 21.5. The Bertz CT molecular complexity index is 1130. The van der Waals surface area contributed by atoms with E-state index in [2.05, 4.69) is 17.2 Å². The average molecular weight is 445 g/mol. The Morgan fingerprint density at radius 1 is 1.32 bits per heavy atom. The number of nitrogens with one attached hydrogen (secondary N) is 1. The fourth-order valence-electron chi connectivity index (χ4n) is 4.07. The van der Waals surface area contributed by atoms with Gasteiger partial charge in [0.25, 0.3) is 5.91 Å². The SMILES string of the molecule is Cc1ccc2c(N)c(C(=O)NCCc3cc(F)c(N4CCC[C@H](C)C4)cc3F)sc2n1. The van der Waals surface area contributed by atoms with Crippen LogP contribution in [0, 0.1) is 24.5 Å². The molecule has 1 fully saturated rings. The summed E-state index contributed by atoms with van der Waals surface area (Å²) in [7, 11) is 0. The van der Waals surface area contributed by atoms with E-state index < -0.39 is 11.6 Å². The molecule has 3 aromatic rings. The molecule has 1 aliphatic rings. The smallest absolute Gasteiger partial charge is 0.263 e. The number of aryl methyl sites for hydroxylation is 1. The van der Waals surface area contributed by atoms with Crippen molar-refractivity contribution < 1.29 is 13.6 Å². The summed E-state index contributed by atoms with van der Waals surface area (Å²) in [6.07, 6.45) is 2.28. The van der Waals surface area contributed by atoms with Gasteiger partial charge >= 0.3 is 0 Å². The van der Waals surface area contributed by atoms with Crippen LogP contribution in [-0.2, 0) is 6.42 Å². The lowest BCUT2D eigenvalue weighted by molar-refractivity contribution is 0.0959. The molecule has 164 valence electrons. The van der Waals surface area contributed by atoms with Crippen molar-refractivity contribution in [3.05, 3.63) is 52.0 Å². The van der Waals surface area contributed by atoms with Gasteiger partial charge in [0.15, 0.2) is 0 Å². The highest BCUT2D eigenvalue weighted by molar-refractivity contribution is 7.21. The number of fused-ring (bicyclic) bond motifs is 1. The van der Waals surface area contributed by atoms with Crippen LogP contribution in [0.1, 0.15) is 40.7 Å². The number of hydrogen-bond acceptors (Lipinski definition) is 5. The van der Waals surface area contributed by atoms with Crippen molar-refractivity contribution in [1.29, 1.82) is 0 Å². The van der Waals surface area contributed by atoms with Gasteiger partial charge in [-0.3, -0.25) is 4.79 Å². The van der Waals surface area contributed by atoms with Crippen LogP contribution in [-0.4, -0.2) is 30.5 Å². The third kappa shape index (κ3) is 4.49. The quantitative estimate of drug-likeness (QED) is 0.600. The van der Waals surface area contributed by atoms with Gasteiger partial charge in [0, 0.05) is 36.8 Å². The van der Waals surface area contributed by atoms with Gasteiger partial charge in [-0.05, 0) is 55.9 Å². The largest absolute Gasteiger partial charge is 0.397 e. The molecule has 1 atom stereocenters. The molecule has 1 aliphatic heterocycles. The number of carbonyl (C=O) groups excluding carboxylic acids is 1. The summed E-state index contributed by atoms with van der Waals surface area (Å²) in [5.41, 5.74) is 7.91. The number of benzene rings is 1. The van der Waals surface area contributed by atoms with Crippen molar-refractivity contribution in [3.8, 4) is 0 Å². The number of hydrogen-bond donors (Lipinski definition) is 2. The predicted octanol–water partition coefficient (Wildman–Crippen LogP) is 4.67. The molecule has 0 unspecified atom stereocenters. The van der Waals surface area contributed by atoms with Crippen LogP contribution in [0.5, 0.6) is 0 Å². The molecule has 0 saturated carbocycles. The van der Waals surface area contributed by atoms with Crippen LogP contribution in [0.2, 0.25) is 0 Å². The number of nitrogens with two attached hydrogens (primary N) is 1. The molecule has 0 spiro atoms. The van der Waals surface area contributed by atoms with E-state index in [9.17, 15) is 13.6 Å². The van der Waals surface area contributed by atoms with Gasteiger partial charge in [0.1, 0.15) is 21.3 Å². The Balaban J connectivity index is 1.42. The fraction of sp³-hybridized carbons (Fsp3) is 0.391. The summed E-state index contributed by atoms with van der Waals surface area (Å²) in [5, 5.41) is 3.51. The molecule has 31 heavy (non-hydrogen) atoms. The number of nitrogen functional groups attached to an aromatic ring is 1. The number of nitrogens with zero attached hydrogens (tertiary/aromatic N) is 2. The summed E-state index contributed by atoms with van der Waals surface area (Å²) in [4.78, 5) is 20.0. The van der Waals surface area contributed by atoms with Crippen LogP contribution in [0.25, 0.3) is 10.2 Å². The van der Waals surface area contributed by atoms with Crippen molar-refractivity contribution in [3.63, 3.8) is 0 Å². The normalized spacial score (nSPS) is 16.6. The minimum Gasteiger partial charge on any atom is -0.397 e. The Kier molecular flexibility index (Phi) is 6.09. The molecule has 0 aliphatic carbocycles. The molecule has 1 aromatic carbocycles. The lowest BCUT2D eigenvalue weighted by Gasteiger charge is -2.33. The highest BCUT2D eigenvalue weighted by Gasteiger charge is 2.21. The number of aromatic nitrogens is 1. The van der Waals surface area contributed by atoms with E-state index >= 15 is 0 Å². The van der Waals surface area contributed by atoms with Gasteiger partial charge in [0.05, 0.1) is 11.4 Å². The van der Waals surface area contributed by atoms with Crippen LogP contribution >= 0.6 is 11.3 Å². The lowest BCUT2D eigenvalue weighted by Crippen LogP contribution is -2.35. The lowest BCUT2D eigenvalue weighted by atomic mass is 9.99. The molecule has 1 amide bonds. The van der Waals surface area contributed by atoms with Crippen LogP contribution in [0.3, 0.4) is 0 Å². The van der Waals surface area contributed by atoms with Crippen molar-refractivity contribution in [1.82, 2.24) is 10.3 Å². The minimum atomic E-state index is -0.454. The van der Waals surface area contributed by atoms with E-state index in [1.807, 2.05) is 24.0 Å². The maximum Gasteiger partial charge on any atom is 0.263 e. The number of piperidine rings is 1. The molecule has 2 aromatic heterocycles. The predicted molar refractivity (Wildman–Crippen MR) is 122 cm³/mol. The summed E-state index contributed by atoms with van der Waals surface area (Å²) in [6.45, 7) is 5.64. The van der Waals surface area contributed by atoms with Crippen LogP contribution < -0.4 is 16.0 Å². The number of anilines is 2. The van der Waals surface area contributed by atoms with E-state index in [0.717, 1.165) is 37.0 Å². The molecular formula is C23H26F2N4OS. The van der Waals surface area contributed by atoms with Gasteiger partial charge in [0.2, 0.25) is 0 Å². The van der Waals surface area contributed by atoms with Crippen molar-refractivity contribution in [2.75, 3.05) is 30.3 Å². The highest BCUT2D eigenvalue weighted by Crippen LogP contribution is 2.32. The van der Waals surface area contributed by atoms with E-state index in [1.165, 1.54) is 23.5 Å². The molecule has 3 N–H and O–H groups in total. The van der Waals surface area contributed by atoms with Gasteiger partial charge in [-0.25, -0.2) is 13.8 Å². The van der Waals surface area contributed by atoms with Crippen LogP contribution in [0.4, 0.5) is 20.2 Å². The number of amides is 1. The van der Waals surface area contributed by atoms with Crippen molar-refractivity contribution in [2.24, 2.45) is 5.92 Å². The second-order valence-corrected chi connectivity index (χ2v) is 9.24. The summed E-state index contributed by atoms with van der Waals surface area (Å²) < 4.78 is 29.3. The molecule has 0 bridgehead atoms. The molecule has 0 radical (unpaired) electrons. The maximum absolute atomic E-state index is 14.7. The standard InChI is InChI=1S/C23H26F2N4OS/c1-13-4-3-9-29(12-13)19-11-17(24)15(10-18(19)25)7-8-27-22(30)21-20(26)16-6-5-14(2)28-23(16)31-21/h5-6,10-11,13H,3-4,7-9,12,26H2,1-2H3,(H,27,30)/t13-/m0/s1. The molecule has 3 heterocycles. The number of halogens is 2. The van der Waals surface area contributed by atoms with E-state index in [0.29, 0.717) is 27.0 Å². The first-order valence-corrected chi connectivity index (χ1v) is 11.3. The number of thiophene rings is 1. The molecule has 5 nitrogen and oxygen atoms in total. The minimum absolute atomic E-state index is 0.176. The average Bonchev–Trinajstić information content (AvgIpc) is 3.06. The molecule has 1 saturated heterocycles. The Labute approximate surface area is 184 Å². The van der Waals surface area contributed by atoms with Crippen molar-refractivity contribution in [2.45, 2.75) is 33.1 Å². The Hall–Kier alpha value is -2.74. The zero-order chi connectivity index (χ0) is 22.1. The van der Waals surface area contributed by atoms with Gasteiger partial charge in [-0.1, -0.05) is 6.92 Å². The monoisotopic (exact) mass is 444 g/mol. The number of carbonyl (C=O) groups is 1. The third-order valence-corrected chi connectivity index (χ3v) is 6.85. The number of pyridine rings is 1. The second-order valence-electron chi connectivity index (χ2n) is 8.24. The highest BCUT2D eigenvalue weighted by atomic mass is 32.1. The van der Waals surface area contributed by atoms with Crippen molar-refractivity contribution >= 4 is 38.8 Å². The molecule has 4 rings (SSSR count). The second kappa shape index (κ2) is 8.78.